The number of carbonyl (C=O) groups excluding carboxylic acids is 1. The fourth-order valence-electron chi connectivity index (χ4n) is 1.76. The van der Waals surface area contributed by atoms with Gasteiger partial charge in [0.05, 0.1) is 0 Å². The second-order valence-electron chi connectivity index (χ2n) is 5.03. The van der Waals surface area contributed by atoms with E-state index in [1.807, 2.05) is 0 Å². The van der Waals surface area contributed by atoms with Gasteiger partial charge in [-0.3, -0.25) is 4.79 Å². The van der Waals surface area contributed by atoms with Crippen molar-refractivity contribution in [2.75, 3.05) is 18.6 Å². The van der Waals surface area contributed by atoms with Crippen molar-refractivity contribution in [1.29, 1.82) is 0 Å². The second kappa shape index (κ2) is 6.23. The predicted octanol–water partition coefficient (Wildman–Crippen LogP) is 1.08. The van der Waals surface area contributed by atoms with Crippen molar-refractivity contribution in [3.63, 3.8) is 0 Å². The van der Waals surface area contributed by atoms with Crippen molar-refractivity contribution in [2.24, 2.45) is 17.8 Å². The highest BCUT2D eigenvalue weighted by Gasteiger charge is 2.19. The van der Waals surface area contributed by atoms with Crippen LogP contribution in [0.1, 0.15) is 27.7 Å². The van der Waals surface area contributed by atoms with Gasteiger partial charge in [0.25, 0.3) is 0 Å². The van der Waals surface area contributed by atoms with E-state index in [2.05, 4.69) is 33.0 Å². The first-order valence-electron chi connectivity index (χ1n) is 5.58. The highest BCUT2D eigenvalue weighted by atomic mass is 32.2. The summed E-state index contributed by atoms with van der Waals surface area (Å²) in [5.74, 6) is 0.491. The van der Waals surface area contributed by atoms with Crippen LogP contribution in [0.4, 0.5) is 0 Å². The quantitative estimate of drug-likeness (QED) is 0.766. The van der Waals surface area contributed by atoms with E-state index in [0.717, 1.165) is 6.26 Å². The van der Waals surface area contributed by atoms with E-state index in [9.17, 15) is 13.2 Å². The van der Waals surface area contributed by atoms with Crippen LogP contribution < -0.4 is 5.32 Å². The summed E-state index contributed by atoms with van der Waals surface area (Å²) in [5, 5.41) is 2.68. The monoisotopic (exact) mass is 249 g/mol. The Kier molecular flexibility index (Phi) is 6.00. The van der Waals surface area contributed by atoms with Crippen LogP contribution in [0, 0.1) is 17.8 Å². The van der Waals surface area contributed by atoms with E-state index in [4.69, 9.17) is 0 Å². The number of hydrogen-bond donors (Lipinski definition) is 1. The summed E-state index contributed by atoms with van der Waals surface area (Å²) in [6, 6.07) is 0. The molecule has 0 aliphatic rings. The van der Waals surface area contributed by atoms with Gasteiger partial charge in [0, 0.05) is 12.8 Å². The first-order chi connectivity index (χ1) is 7.13. The molecule has 0 radical (unpaired) electrons. The van der Waals surface area contributed by atoms with Crippen molar-refractivity contribution >= 4 is 15.7 Å². The molecule has 0 aromatic heterocycles. The average molecular weight is 249 g/mol. The zero-order valence-corrected chi connectivity index (χ0v) is 11.6. The third-order valence-corrected chi connectivity index (χ3v) is 3.43. The molecule has 0 fully saturated rings. The van der Waals surface area contributed by atoms with Crippen molar-refractivity contribution in [3.8, 4) is 0 Å². The van der Waals surface area contributed by atoms with Crippen LogP contribution in [0.5, 0.6) is 0 Å². The van der Waals surface area contributed by atoms with Gasteiger partial charge in [-0.25, -0.2) is 8.42 Å². The highest BCUT2D eigenvalue weighted by Crippen LogP contribution is 2.19. The molecule has 0 heterocycles. The van der Waals surface area contributed by atoms with Crippen molar-refractivity contribution in [1.82, 2.24) is 5.32 Å². The molecule has 1 N–H and O–H groups in total. The molecular weight excluding hydrogens is 226 g/mol. The Hall–Kier alpha value is -0.580. The largest absolute Gasteiger partial charge is 0.355 e. The van der Waals surface area contributed by atoms with E-state index in [-0.39, 0.29) is 0 Å². The molecule has 4 nitrogen and oxygen atoms in total. The Morgan fingerprint density at radius 3 is 1.88 bits per heavy atom. The summed E-state index contributed by atoms with van der Waals surface area (Å²) in [5.41, 5.74) is 0. The van der Waals surface area contributed by atoms with Gasteiger partial charge in [-0.05, 0) is 17.8 Å². The third-order valence-electron chi connectivity index (χ3n) is 2.64. The Labute approximate surface area is 98.7 Å². The number of sulfone groups is 1. The normalized spacial score (nSPS) is 12.5. The Balaban J connectivity index is 4.17. The molecule has 0 aliphatic heterocycles. The fraction of sp³-hybridized carbons (Fsp3) is 0.909. The summed E-state index contributed by atoms with van der Waals surface area (Å²) in [6.07, 6.45) is 1.06. The molecule has 0 saturated heterocycles. The minimum Gasteiger partial charge on any atom is -0.355 e. The third kappa shape index (κ3) is 6.82. The average Bonchev–Trinajstić information content (AvgIpc) is 1.98. The second-order valence-corrected chi connectivity index (χ2v) is 7.17. The lowest BCUT2D eigenvalue weighted by Crippen LogP contribution is -2.36. The molecule has 16 heavy (non-hydrogen) atoms. The number of rotatable bonds is 6. The van der Waals surface area contributed by atoms with E-state index < -0.39 is 21.5 Å². The maximum atomic E-state index is 11.3. The van der Waals surface area contributed by atoms with Gasteiger partial charge >= 0.3 is 0 Å². The van der Waals surface area contributed by atoms with Gasteiger partial charge in [0.1, 0.15) is 5.75 Å². The molecule has 1 amide bonds. The fourth-order valence-corrected chi connectivity index (χ4v) is 2.34. The van der Waals surface area contributed by atoms with Gasteiger partial charge in [0.15, 0.2) is 9.84 Å². The molecule has 96 valence electrons. The molecule has 0 rings (SSSR count). The predicted molar refractivity (Wildman–Crippen MR) is 65.9 cm³/mol. The minimum absolute atomic E-state index is 0.378. The van der Waals surface area contributed by atoms with Gasteiger partial charge in [0.2, 0.25) is 5.91 Å². The van der Waals surface area contributed by atoms with E-state index in [0.29, 0.717) is 24.3 Å². The van der Waals surface area contributed by atoms with Crippen LogP contribution in [0.15, 0.2) is 0 Å². The van der Waals surface area contributed by atoms with Crippen molar-refractivity contribution in [3.05, 3.63) is 0 Å². The molecule has 0 unspecified atom stereocenters. The lowest BCUT2D eigenvalue weighted by molar-refractivity contribution is -0.118. The zero-order chi connectivity index (χ0) is 12.9. The molecule has 0 aromatic rings. The first-order valence-corrected chi connectivity index (χ1v) is 7.64. The Morgan fingerprint density at radius 1 is 1.12 bits per heavy atom. The van der Waals surface area contributed by atoms with Gasteiger partial charge in [-0.1, -0.05) is 27.7 Å². The number of hydrogen-bond acceptors (Lipinski definition) is 3. The minimum atomic E-state index is -3.22. The summed E-state index contributed by atoms with van der Waals surface area (Å²) in [7, 11) is -3.22. The van der Waals surface area contributed by atoms with Crippen LogP contribution in [-0.2, 0) is 14.6 Å². The summed E-state index contributed by atoms with van der Waals surface area (Å²) >= 11 is 0. The molecular formula is C11H23NO3S. The van der Waals surface area contributed by atoms with Crippen LogP contribution in [0.25, 0.3) is 0 Å². The van der Waals surface area contributed by atoms with Gasteiger partial charge < -0.3 is 5.32 Å². The van der Waals surface area contributed by atoms with Crippen LogP contribution >= 0.6 is 0 Å². The van der Waals surface area contributed by atoms with Crippen LogP contribution in [0.3, 0.4) is 0 Å². The Morgan fingerprint density at radius 2 is 1.56 bits per heavy atom. The lowest BCUT2D eigenvalue weighted by atomic mass is 9.85. The maximum absolute atomic E-state index is 11.3. The van der Waals surface area contributed by atoms with E-state index in [1.54, 1.807) is 0 Å². The number of carbonyl (C=O) groups is 1. The smallest absolute Gasteiger partial charge is 0.235 e. The molecule has 0 aliphatic carbocycles. The Bertz CT molecular complexity index is 312. The summed E-state index contributed by atoms with van der Waals surface area (Å²) in [6.45, 7) is 8.96. The van der Waals surface area contributed by atoms with Crippen molar-refractivity contribution in [2.45, 2.75) is 27.7 Å². The highest BCUT2D eigenvalue weighted by molar-refractivity contribution is 7.91. The van der Waals surface area contributed by atoms with E-state index in [1.165, 1.54) is 0 Å². The molecule has 0 spiro atoms. The zero-order valence-electron chi connectivity index (χ0n) is 10.8. The molecule has 0 saturated carbocycles. The molecule has 0 bridgehead atoms. The topological polar surface area (TPSA) is 63.2 Å². The van der Waals surface area contributed by atoms with E-state index >= 15 is 0 Å². The molecule has 5 heteroatoms. The standard InChI is InChI=1S/C11H23NO3S/c1-8(2)10(9(3)4)6-12-11(13)7-16(5,14)15/h8-10H,6-7H2,1-5H3,(H,12,13). The SMILES string of the molecule is CC(C)C(CNC(=O)CS(C)(=O)=O)C(C)C. The number of nitrogens with one attached hydrogen (secondary N) is 1. The van der Waals surface area contributed by atoms with Gasteiger partial charge in [-0.2, -0.15) is 0 Å². The lowest BCUT2D eigenvalue weighted by Gasteiger charge is -2.24. The van der Waals surface area contributed by atoms with Crippen LogP contribution in [-0.4, -0.2) is 32.9 Å². The van der Waals surface area contributed by atoms with Crippen molar-refractivity contribution < 1.29 is 13.2 Å². The first kappa shape index (κ1) is 15.4. The summed E-state index contributed by atoms with van der Waals surface area (Å²) < 4.78 is 21.8. The molecule has 0 atom stereocenters. The maximum Gasteiger partial charge on any atom is 0.235 e. The van der Waals surface area contributed by atoms with Gasteiger partial charge in [-0.15, -0.1) is 0 Å². The summed E-state index contributed by atoms with van der Waals surface area (Å²) in [4.78, 5) is 11.3. The molecule has 0 aromatic carbocycles. The van der Waals surface area contributed by atoms with Crippen LogP contribution in [0.2, 0.25) is 0 Å². The number of amides is 1.